The minimum Gasteiger partial charge on any atom is -0.480 e. The summed E-state index contributed by atoms with van der Waals surface area (Å²) in [6.45, 7) is -0.375. The van der Waals surface area contributed by atoms with Crippen molar-refractivity contribution in [3.63, 3.8) is 0 Å². The average Bonchev–Trinajstić information content (AvgIpc) is 3.76. The number of aliphatic hydroxyl groups excluding tert-OH is 1. The SMILES string of the molecule is C.NCCCC[C@H](N)C(=O)N[C@@H](CCCN=C(N)N)C(=O)N1CCC[C@H]1C(=O)N1CCC[C@H]1C(=O)NCC(=O)N[C@@H](Cc1ccccc1)C(=O)N[C@@H](CO)C(=O)N1CCC[C@H]1C(=O)N[C@@H](Cc1ccccc1)C(=O)N[C@@H](CCCN=C(N)N)C(=O)O. The van der Waals surface area contributed by atoms with Crippen LogP contribution in [0, 0.1) is 0 Å². The summed E-state index contributed by atoms with van der Waals surface area (Å²) in [5.41, 5.74) is 34.7. The topological polar surface area (TPSA) is 474 Å². The molecule has 3 fully saturated rings. The Labute approximate surface area is 501 Å². The van der Waals surface area contributed by atoms with Gasteiger partial charge in [0.1, 0.15) is 48.3 Å². The van der Waals surface area contributed by atoms with E-state index in [1.807, 2.05) is 0 Å². The number of guanidine groups is 2. The van der Waals surface area contributed by atoms with Crippen LogP contribution in [0.5, 0.6) is 0 Å². The van der Waals surface area contributed by atoms with Gasteiger partial charge in [0, 0.05) is 45.6 Å². The number of benzene rings is 2. The number of unbranched alkanes of at least 4 members (excludes halogenated alkanes) is 1. The highest BCUT2D eigenvalue weighted by Crippen LogP contribution is 2.27. The maximum Gasteiger partial charge on any atom is 0.326 e. The summed E-state index contributed by atoms with van der Waals surface area (Å²) in [7, 11) is 0. The van der Waals surface area contributed by atoms with Crippen LogP contribution in [0.3, 0.4) is 0 Å². The van der Waals surface area contributed by atoms with Crippen molar-refractivity contribution >= 4 is 71.1 Å². The molecule has 3 heterocycles. The third-order valence-electron chi connectivity index (χ3n) is 15.0. The molecule has 0 unspecified atom stereocenters. The zero-order valence-corrected chi connectivity index (χ0v) is 47.9. The molecule has 0 bridgehead atoms. The van der Waals surface area contributed by atoms with Gasteiger partial charge in [-0.15, -0.1) is 0 Å². The number of carbonyl (C=O) groups excluding carboxylic acids is 9. The average molecular weight is 1200 g/mol. The maximum atomic E-state index is 14.3. The van der Waals surface area contributed by atoms with E-state index in [0.717, 1.165) is 0 Å². The molecule has 2 aromatic carbocycles. The van der Waals surface area contributed by atoms with Crippen molar-refractivity contribution in [3.05, 3.63) is 71.8 Å². The summed E-state index contributed by atoms with van der Waals surface area (Å²) in [6.07, 6.45) is 4.09. The van der Waals surface area contributed by atoms with Gasteiger partial charge in [-0.05, 0) is 94.7 Å². The number of carboxylic acids is 1. The van der Waals surface area contributed by atoms with Gasteiger partial charge in [0.2, 0.25) is 53.2 Å². The van der Waals surface area contributed by atoms with Crippen LogP contribution in [0.15, 0.2) is 70.6 Å². The fourth-order valence-electron chi connectivity index (χ4n) is 10.6. The van der Waals surface area contributed by atoms with E-state index in [4.69, 9.17) is 34.4 Å². The number of hydrogen-bond acceptors (Lipinski definition) is 15. The number of aliphatic hydroxyl groups is 1. The van der Waals surface area contributed by atoms with E-state index >= 15 is 0 Å². The van der Waals surface area contributed by atoms with Gasteiger partial charge in [-0.2, -0.15) is 0 Å². The Kier molecular flexibility index (Phi) is 29.1. The van der Waals surface area contributed by atoms with Crippen molar-refractivity contribution in [3.8, 4) is 0 Å². The van der Waals surface area contributed by atoms with Crippen LogP contribution in [0.2, 0.25) is 0 Å². The molecule has 0 aliphatic carbocycles. The first-order chi connectivity index (χ1) is 40.7. The standard InChI is InChI=1S/C56H85N17O12.CH4/c57-24-8-7-18-36(58)46(76)67-37(19-9-25-63-55(59)60)51(81)73-29-13-23-44(73)53(83)72-28-11-21-42(72)49(79)65-32-45(75)66-39(30-34-14-3-1-4-15-34)47(77)70-41(33-74)52(82)71-27-12-22-43(71)50(80)69-40(31-35-16-5-2-6-17-35)48(78)68-38(54(84)85)20-10-26-64-56(61)62;/h1-6,14-17,36-44,74H,7-13,18-33,57-58H2,(H,65,79)(H,66,75)(H,67,76)(H,68,78)(H,69,80)(H,70,77)(H,84,85)(H4,59,60,63)(H4,61,62,64);1H4/t36-,37-,38-,39-,40-,41-,42-,43-,44-;/m0./s1. The molecule has 86 heavy (non-hydrogen) atoms. The predicted octanol–water partition coefficient (Wildman–Crippen LogP) is -3.74. The highest BCUT2D eigenvalue weighted by molar-refractivity contribution is 5.98. The maximum absolute atomic E-state index is 14.3. The quantitative estimate of drug-likeness (QED) is 0.0186. The summed E-state index contributed by atoms with van der Waals surface area (Å²) in [5.74, 6) is -7.85. The monoisotopic (exact) mass is 1200 g/mol. The normalized spacial score (nSPS) is 18.3. The van der Waals surface area contributed by atoms with E-state index < -0.39 is 127 Å². The summed E-state index contributed by atoms with van der Waals surface area (Å²) in [6, 6.07) is 6.55. The van der Waals surface area contributed by atoms with E-state index in [1.165, 1.54) is 14.7 Å². The summed E-state index contributed by atoms with van der Waals surface area (Å²) < 4.78 is 0. The molecular formula is C57H89N17O12. The van der Waals surface area contributed by atoms with Gasteiger partial charge in [0.25, 0.3) is 0 Å². The first kappa shape index (κ1) is 70.0. The number of aliphatic imine (C=N–C) groups is 2. The molecule has 9 amide bonds. The fraction of sp³-hybridized carbons (Fsp3) is 0.579. The number of amides is 9. The van der Waals surface area contributed by atoms with Crippen molar-refractivity contribution < 1.29 is 58.2 Å². The molecule has 3 aliphatic heterocycles. The van der Waals surface area contributed by atoms with Gasteiger partial charge < -0.3 is 91.2 Å². The van der Waals surface area contributed by atoms with Crippen molar-refractivity contribution in [2.45, 2.75) is 158 Å². The Morgan fingerprint density at radius 1 is 0.547 bits per heavy atom. The van der Waals surface area contributed by atoms with Crippen LogP contribution in [-0.2, 0) is 60.8 Å². The smallest absolute Gasteiger partial charge is 0.326 e. The lowest BCUT2D eigenvalue weighted by molar-refractivity contribution is -0.148. The van der Waals surface area contributed by atoms with Crippen molar-refractivity contribution in [2.75, 3.05) is 52.4 Å². The fourth-order valence-corrected chi connectivity index (χ4v) is 10.6. The summed E-state index contributed by atoms with van der Waals surface area (Å²) in [4.78, 5) is 150. The highest BCUT2D eigenvalue weighted by Gasteiger charge is 2.44. The van der Waals surface area contributed by atoms with Crippen molar-refractivity contribution in [1.29, 1.82) is 0 Å². The number of carbonyl (C=O) groups is 10. The lowest BCUT2D eigenvalue weighted by Gasteiger charge is -2.33. The Bertz CT molecular complexity index is 2660. The number of nitrogens with two attached hydrogens (primary N) is 6. The first-order valence-electron chi connectivity index (χ1n) is 28.9. The molecule has 474 valence electrons. The van der Waals surface area contributed by atoms with Gasteiger partial charge in [-0.1, -0.05) is 74.5 Å². The number of nitrogens with one attached hydrogen (secondary N) is 6. The number of carboxylic acid groups (broad SMARTS) is 1. The predicted molar refractivity (Wildman–Crippen MR) is 319 cm³/mol. The molecule has 29 heteroatoms. The molecule has 20 N–H and O–H groups in total. The Hall–Kier alpha value is -8.44. The largest absolute Gasteiger partial charge is 0.480 e. The summed E-state index contributed by atoms with van der Waals surface area (Å²) >= 11 is 0. The Morgan fingerprint density at radius 3 is 1.53 bits per heavy atom. The number of aliphatic carboxylic acids is 1. The second kappa shape index (κ2) is 35.8. The van der Waals surface area contributed by atoms with Crippen LogP contribution >= 0.6 is 0 Å². The minimum atomic E-state index is -1.61. The zero-order chi connectivity index (χ0) is 62.0. The number of rotatable bonds is 33. The summed E-state index contributed by atoms with van der Waals surface area (Å²) in [5, 5.41) is 36.2. The first-order valence-corrected chi connectivity index (χ1v) is 28.9. The van der Waals surface area contributed by atoms with E-state index in [-0.39, 0.29) is 97.0 Å². The Morgan fingerprint density at radius 2 is 1.01 bits per heavy atom. The van der Waals surface area contributed by atoms with Gasteiger partial charge in [0.15, 0.2) is 11.9 Å². The Balaban J connectivity index is 0.0000158. The van der Waals surface area contributed by atoms with E-state index in [9.17, 15) is 58.2 Å². The van der Waals surface area contributed by atoms with Gasteiger partial charge >= 0.3 is 5.97 Å². The lowest BCUT2D eigenvalue weighted by atomic mass is 10.0. The molecule has 29 nitrogen and oxygen atoms in total. The van der Waals surface area contributed by atoms with Crippen LogP contribution in [0.25, 0.3) is 0 Å². The third-order valence-corrected chi connectivity index (χ3v) is 15.0. The van der Waals surface area contributed by atoms with Crippen molar-refractivity contribution in [2.24, 2.45) is 44.4 Å². The second-order valence-corrected chi connectivity index (χ2v) is 21.3. The molecule has 9 atom stereocenters. The van der Waals surface area contributed by atoms with E-state index in [2.05, 4.69) is 41.9 Å². The molecule has 5 rings (SSSR count). The lowest BCUT2D eigenvalue weighted by Crippen LogP contribution is -2.60. The van der Waals surface area contributed by atoms with E-state index in [0.29, 0.717) is 69.0 Å². The molecule has 2 aromatic rings. The second-order valence-electron chi connectivity index (χ2n) is 21.3. The highest BCUT2D eigenvalue weighted by atomic mass is 16.4. The van der Waals surface area contributed by atoms with Gasteiger partial charge in [-0.3, -0.25) is 53.1 Å². The molecule has 0 spiro atoms. The van der Waals surface area contributed by atoms with Crippen LogP contribution in [0.1, 0.15) is 102 Å². The molecule has 0 aromatic heterocycles. The molecular weight excluding hydrogens is 1110 g/mol. The number of hydrogen-bond donors (Lipinski definition) is 14. The number of nitrogens with zero attached hydrogens (tertiary/aromatic N) is 5. The van der Waals surface area contributed by atoms with Gasteiger partial charge in [0.05, 0.1) is 19.2 Å². The molecule has 0 radical (unpaired) electrons. The zero-order valence-electron chi connectivity index (χ0n) is 47.9. The van der Waals surface area contributed by atoms with E-state index in [1.54, 1.807) is 60.7 Å². The van der Waals surface area contributed by atoms with Crippen molar-refractivity contribution in [1.82, 2.24) is 46.6 Å². The third kappa shape index (κ3) is 21.6. The van der Waals surface area contributed by atoms with Gasteiger partial charge in [-0.25, -0.2) is 4.79 Å². The van der Waals surface area contributed by atoms with Crippen LogP contribution in [0.4, 0.5) is 0 Å². The minimum absolute atomic E-state index is 0. The molecule has 3 aliphatic rings. The van der Waals surface area contributed by atoms with Crippen LogP contribution < -0.4 is 66.3 Å². The number of likely N-dealkylation sites (tertiary alicyclic amines) is 3. The van der Waals surface area contributed by atoms with Crippen LogP contribution in [-0.4, -0.2) is 203 Å². The molecule has 0 saturated carbocycles. The molecule has 3 saturated heterocycles.